The second kappa shape index (κ2) is 9.14. The molecule has 1 saturated heterocycles. The molecule has 10 nitrogen and oxygen atoms in total. The van der Waals surface area contributed by atoms with Crippen LogP contribution in [0.4, 0.5) is 11.5 Å². The summed E-state index contributed by atoms with van der Waals surface area (Å²) < 4.78 is 16.7. The molecule has 0 unspecified atom stereocenters. The zero-order chi connectivity index (χ0) is 23.7. The maximum atomic E-state index is 12.0. The van der Waals surface area contributed by atoms with Gasteiger partial charge in [-0.1, -0.05) is 12.1 Å². The van der Waals surface area contributed by atoms with Crippen molar-refractivity contribution in [1.29, 1.82) is 0 Å². The molecular formula is C24H25N5O5. The van der Waals surface area contributed by atoms with Gasteiger partial charge in [0.05, 0.1) is 4.92 Å². The molecular weight excluding hydrogens is 438 g/mol. The largest absolute Gasteiger partial charge is 0.454 e. The van der Waals surface area contributed by atoms with Gasteiger partial charge in [0, 0.05) is 32.7 Å². The SMILES string of the molecule is Cc1cc(C)cc(Oc2ncnc(N3CCN(Cc4ccc5c(c4)OCO5)CC3)c2[N+](=O)[O-])c1. The first-order valence-corrected chi connectivity index (χ1v) is 11.1. The molecule has 3 heterocycles. The van der Waals surface area contributed by atoms with E-state index in [9.17, 15) is 10.1 Å². The number of nitrogens with zero attached hydrogens (tertiary/aromatic N) is 5. The van der Waals surface area contributed by atoms with Crippen LogP contribution in [0.5, 0.6) is 23.1 Å². The molecule has 176 valence electrons. The van der Waals surface area contributed by atoms with Crippen molar-refractivity contribution in [3.63, 3.8) is 0 Å². The first-order chi connectivity index (χ1) is 16.5. The predicted molar refractivity (Wildman–Crippen MR) is 125 cm³/mol. The Balaban J connectivity index is 1.30. The van der Waals surface area contributed by atoms with Gasteiger partial charge >= 0.3 is 11.6 Å². The second-order valence-electron chi connectivity index (χ2n) is 8.48. The Hall–Kier alpha value is -3.92. The molecule has 0 amide bonds. The maximum Gasteiger partial charge on any atom is 0.373 e. The molecule has 2 aromatic carbocycles. The van der Waals surface area contributed by atoms with Crippen molar-refractivity contribution in [3.05, 3.63) is 69.5 Å². The molecule has 34 heavy (non-hydrogen) atoms. The Kier molecular flexibility index (Phi) is 5.89. The minimum absolute atomic E-state index is 0.0530. The molecule has 0 spiro atoms. The van der Waals surface area contributed by atoms with Crippen molar-refractivity contribution in [3.8, 4) is 23.1 Å². The van der Waals surface area contributed by atoms with Crippen LogP contribution >= 0.6 is 0 Å². The summed E-state index contributed by atoms with van der Waals surface area (Å²) in [5, 5.41) is 12.0. The zero-order valence-corrected chi connectivity index (χ0v) is 19.1. The number of hydrogen-bond acceptors (Lipinski definition) is 9. The van der Waals surface area contributed by atoms with Gasteiger partial charge in [-0.2, -0.15) is 4.98 Å². The lowest BCUT2D eigenvalue weighted by molar-refractivity contribution is -0.385. The van der Waals surface area contributed by atoms with Crippen LogP contribution in [-0.4, -0.2) is 52.8 Å². The summed E-state index contributed by atoms with van der Waals surface area (Å²) in [6.07, 6.45) is 1.32. The molecule has 0 saturated carbocycles. The summed E-state index contributed by atoms with van der Waals surface area (Å²) in [4.78, 5) is 24.1. The molecule has 1 aromatic heterocycles. The van der Waals surface area contributed by atoms with Crippen LogP contribution in [0.15, 0.2) is 42.7 Å². The molecule has 5 rings (SSSR count). The number of nitro groups is 1. The number of rotatable bonds is 6. The number of fused-ring (bicyclic) bond motifs is 1. The lowest BCUT2D eigenvalue weighted by Gasteiger charge is -2.35. The third kappa shape index (κ3) is 4.58. The Bertz CT molecular complexity index is 1210. The topological polar surface area (TPSA) is 103 Å². The molecule has 0 bridgehead atoms. The summed E-state index contributed by atoms with van der Waals surface area (Å²) >= 11 is 0. The smallest absolute Gasteiger partial charge is 0.373 e. The third-order valence-electron chi connectivity index (χ3n) is 5.88. The fourth-order valence-corrected chi connectivity index (χ4v) is 4.34. The zero-order valence-electron chi connectivity index (χ0n) is 19.1. The number of anilines is 1. The van der Waals surface area contributed by atoms with Crippen LogP contribution in [0.3, 0.4) is 0 Å². The summed E-state index contributed by atoms with van der Waals surface area (Å²) in [6, 6.07) is 11.6. The summed E-state index contributed by atoms with van der Waals surface area (Å²) in [6.45, 7) is 7.59. The van der Waals surface area contributed by atoms with Gasteiger partial charge in [0.15, 0.2) is 11.5 Å². The molecule has 0 atom stereocenters. The van der Waals surface area contributed by atoms with Gasteiger partial charge in [0.2, 0.25) is 12.6 Å². The van der Waals surface area contributed by atoms with E-state index < -0.39 is 4.92 Å². The van der Waals surface area contributed by atoms with Gasteiger partial charge in [0.1, 0.15) is 12.1 Å². The Morgan fingerprint density at radius 3 is 2.47 bits per heavy atom. The summed E-state index contributed by atoms with van der Waals surface area (Å²) in [5.74, 6) is 2.27. The van der Waals surface area contributed by atoms with Crippen LogP contribution in [0.1, 0.15) is 16.7 Å². The molecule has 2 aliphatic rings. The maximum absolute atomic E-state index is 12.0. The van der Waals surface area contributed by atoms with E-state index in [0.717, 1.165) is 47.8 Å². The van der Waals surface area contributed by atoms with Gasteiger partial charge in [-0.25, -0.2) is 4.98 Å². The molecule has 0 N–H and O–H groups in total. The first-order valence-electron chi connectivity index (χ1n) is 11.1. The quantitative estimate of drug-likeness (QED) is 0.398. The number of ether oxygens (including phenoxy) is 3. The van der Waals surface area contributed by atoms with Crippen molar-refractivity contribution in [2.24, 2.45) is 0 Å². The highest BCUT2D eigenvalue weighted by Gasteiger charge is 2.31. The minimum atomic E-state index is -0.466. The van der Waals surface area contributed by atoms with Crippen LogP contribution < -0.4 is 19.1 Å². The molecule has 3 aromatic rings. The van der Waals surface area contributed by atoms with E-state index in [4.69, 9.17) is 14.2 Å². The van der Waals surface area contributed by atoms with Gasteiger partial charge in [-0.15, -0.1) is 0 Å². The van der Waals surface area contributed by atoms with E-state index >= 15 is 0 Å². The standard InChI is InChI=1S/C24H25N5O5/c1-16-9-17(2)11-19(10-16)34-24-22(29(30)31)23(25-14-26-24)28-7-5-27(6-8-28)13-18-3-4-20-21(12-18)33-15-32-20/h3-4,9-12,14H,5-8,13,15H2,1-2H3. The molecule has 2 aliphatic heterocycles. The van der Waals surface area contributed by atoms with Gasteiger partial charge in [-0.05, 0) is 54.8 Å². The van der Waals surface area contributed by atoms with Gasteiger partial charge in [0.25, 0.3) is 0 Å². The van der Waals surface area contributed by atoms with Crippen LogP contribution in [-0.2, 0) is 6.54 Å². The van der Waals surface area contributed by atoms with Crippen LogP contribution in [0.25, 0.3) is 0 Å². The number of benzene rings is 2. The number of aromatic nitrogens is 2. The van der Waals surface area contributed by atoms with E-state index in [1.54, 1.807) is 0 Å². The fourth-order valence-electron chi connectivity index (χ4n) is 4.34. The van der Waals surface area contributed by atoms with Gasteiger partial charge < -0.3 is 19.1 Å². The lowest BCUT2D eigenvalue weighted by Crippen LogP contribution is -2.46. The van der Waals surface area contributed by atoms with Crippen molar-refractivity contribution in [1.82, 2.24) is 14.9 Å². The molecule has 10 heteroatoms. The minimum Gasteiger partial charge on any atom is -0.454 e. The predicted octanol–water partition coefficient (Wildman–Crippen LogP) is 3.84. The summed E-state index contributed by atoms with van der Waals surface area (Å²) in [5.41, 5.74) is 2.93. The highest BCUT2D eigenvalue weighted by atomic mass is 16.7. The molecule has 1 fully saturated rings. The van der Waals surface area contributed by atoms with Crippen molar-refractivity contribution >= 4 is 11.5 Å². The Morgan fingerprint density at radius 2 is 1.74 bits per heavy atom. The van der Waals surface area contributed by atoms with E-state index in [0.29, 0.717) is 18.8 Å². The van der Waals surface area contributed by atoms with Crippen molar-refractivity contribution in [2.45, 2.75) is 20.4 Å². The second-order valence-corrected chi connectivity index (χ2v) is 8.48. The number of piperazine rings is 1. The monoisotopic (exact) mass is 463 g/mol. The average molecular weight is 463 g/mol. The number of aryl methyl sites for hydroxylation is 2. The average Bonchev–Trinajstić information content (AvgIpc) is 3.26. The van der Waals surface area contributed by atoms with E-state index in [-0.39, 0.29) is 24.2 Å². The van der Waals surface area contributed by atoms with Crippen LogP contribution in [0.2, 0.25) is 0 Å². The lowest BCUT2D eigenvalue weighted by atomic mass is 10.1. The number of hydrogen-bond donors (Lipinski definition) is 0. The van der Waals surface area contributed by atoms with Crippen molar-refractivity contribution < 1.29 is 19.1 Å². The third-order valence-corrected chi connectivity index (χ3v) is 5.88. The highest BCUT2D eigenvalue weighted by Crippen LogP contribution is 2.37. The van der Waals surface area contributed by atoms with Gasteiger partial charge in [-0.3, -0.25) is 15.0 Å². The summed E-state index contributed by atoms with van der Waals surface area (Å²) in [7, 11) is 0. The molecule has 0 aliphatic carbocycles. The fraction of sp³-hybridized carbons (Fsp3) is 0.333. The Labute approximate surface area is 196 Å². The van der Waals surface area contributed by atoms with Crippen molar-refractivity contribution in [2.75, 3.05) is 37.9 Å². The van der Waals surface area contributed by atoms with E-state index in [1.807, 2.05) is 55.1 Å². The normalized spacial score (nSPS) is 15.4. The highest BCUT2D eigenvalue weighted by molar-refractivity contribution is 5.63. The van der Waals surface area contributed by atoms with E-state index in [2.05, 4.69) is 14.9 Å². The molecule has 0 radical (unpaired) electrons. The van der Waals surface area contributed by atoms with E-state index in [1.165, 1.54) is 6.33 Å². The van der Waals surface area contributed by atoms with Crippen LogP contribution in [0, 0.1) is 24.0 Å². The Morgan fingerprint density at radius 1 is 1.00 bits per heavy atom. The first kappa shape index (κ1) is 21.9.